The Hall–Kier alpha value is -1.40. The van der Waals surface area contributed by atoms with Gasteiger partial charge in [0.1, 0.15) is 0 Å². The lowest BCUT2D eigenvalue weighted by Crippen LogP contribution is -2.52. The third-order valence-electron chi connectivity index (χ3n) is 6.53. The Morgan fingerprint density at radius 3 is 2.47 bits per heavy atom. The van der Waals surface area contributed by atoms with Gasteiger partial charge in [0.2, 0.25) is 5.91 Å². The number of carbonyl (C=O) groups is 2. The van der Waals surface area contributed by atoms with E-state index in [2.05, 4.69) is 37.7 Å². The maximum Gasteiger partial charge on any atom is 0.222 e. The molecule has 2 aliphatic rings. The fraction of sp³-hybridized carbons (Fsp3) is 0.833. The van der Waals surface area contributed by atoms with Crippen LogP contribution in [0, 0.1) is 11.8 Å². The first kappa shape index (κ1) is 24.9. The third kappa shape index (κ3) is 7.09. The minimum absolute atomic E-state index is 0.284. The zero-order valence-corrected chi connectivity index (χ0v) is 20.2. The second-order valence-electron chi connectivity index (χ2n) is 9.71. The molecule has 1 heterocycles. The van der Waals surface area contributed by atoms with Crippen molar-refractivity contribution in [2.24, 2.45) is 11.8 Å². The molecule has 0 aromatic carbocycles. The molecule has 3 atom stereocenters. The summed E-state index contributed by atoms with van der Waals surface area (Å²) in [6.45, 7) is 8.95. The Bertz CT molecular complexity index is 602. The molecule has 172 valence electrons. The molecule has 0 aromatic heterocycles. The van der Waals surface area contributed by atoms with Crippen LogP contribution in [0.4, 0.5) is 0 Å². The summed E-state index contributed by atoms with van der Waals surface area (Å²) < 4.78 is 0. The van der Waals surface area contributed by atoms with Gasteiger partial charge in [0.25, 0.3) is 0 Å². The van der Waals surface area contributed by atoms with E-state index in [0.29, 0.717) is 36.5 Å². The molecule has 0 N–H and O–H groups in total. The highest BCUT2D eigenvalue weighted by molar-refractivity contribution is 5.96. The lowest BCUT2D eigenvalue weighted by atomic mass is 9.72. The van der Waals surface area contributed by atoms with Crippen LogP contribution in [0.1, 0.15) is 52.4 Å². The van der Waals surface area contributed by atoms with Crippen molar-refractivity contribution < 1.29 is 9.59 Å². The number of hydrogen-bond acceptors (Lipinski definition) is 5. The van der Waals surface area contributed by atoms with Gasteiger partial charge in [-0.2, -0.15) is 0 Å². The molecule has 1 saturated carbocycles. The third-order valence-corrected chi connectivity index (χ3v) is 6.53. The van der Waals surface area contributed by atoms with E-state index in [1.807, 2.05) is 30.1 Å². The van der Waals surface area contributed by atoms with Crippen LogP contribution < -0.4 is 0 Å². The molecule has 2 fully saturated rings. The van der Waals surface area contributed by atoms with E-state index in [9.17, 15) is 9.59 Å². The predicted octanol–water partition coefficient (Wildman–Crippen LogP) is 2.70. The molecule has 1 aliphatic carbocycles. The number of likely N-dealkylation sites (tertiary alicyclic amines) is 1. The average Bonchev–Trinajstić information content (AvgIpc) is 2.66. The normalized spacial score (nSPS) is 26.2. The van der Waals surface area contributed by atoms with Gasteiger partial charge >= 0.3 is 0 Å². The van der Waals surface area contributed by atoms with Crippen LogP contribution in [0.25, 0.3) is 0 Å². The van der Waals surface area contributed by atoms with Gasteiger partial charge in [-0.3, -0.25) is 14.5 Å². The van der Waals surface area contributed by atoms with Crippen LogP contribution in [0.5, 0.6) is 0 Å². The lowest BCUT2D eigenvalue weighted by Gasteiger charge is -2.47. The molecular formula is C24H44N4O2. The molecule has 0 aromatic rings. The predicted molar refractivity (Wildman–Crippen MR) is 123 cm³/mol. The summed E-state index contributed by atoms with van der Waals surface area (Å²) in [5, 5.41) is 0. The van der Waals surface area contributed by atoms with Gasteiger partial charge in [0.15, 0.2) is 5.78 Å². The molecule has 30 heavy (non-hydrogen) atoms. The van der Waals surface area contributed by atoms with Gasteiger partial charge in [-0.15, -0.1) is 0 Å². The number of Topliss-reactive ketones (excluding diaryl/α,β-unsaturated/α-hetero) is 1. The number of hydrogen-bond donors (Lipinski definition) is 0. The maximum atomic E-state index is 13.0. The van der Waals surface area contributed by atoms with Crippen molar-refractivity contribution >= 4 is 11.7 Å². The van der Waals surface area contributed by atoms with Gasteiger partial charge in [-0.1, -0.05) is 6.92 Å². The number of fused-ring (bicyclic) bond motifs is 1. The Morgan fingerprint density at radius 2 is 1.87 bits per heavy atom. The van der Waals surface area contributed by atoms with Crippen LogP contribution in [0.2, 0.25) is 0 Å². The molecule has 0 radical (unpaired) electrons. The zero-order valence-electron chi connectivity index (χ0n) is 20.2. The smallest absolute Gasteiger partial charge is 0.222 e. The lowest BCUT2D eigenvalue weighted by molar-refractivity contribution is -0.133. The van der Waals surface area contributed by atoms with E-state index in [1.165, 1.54) is 0 Å². The largest absolute Gasteiger partial charge is 0.383 e. The maximum absolute atomic E-state index is 13.0. The summed E-state index contributed by atoms with van der Waals surface area (Å²) in [6, 6.07) is 0.447. The number of piperidine rings is 1. The van der Waals surface area contributed by atoms with Gasteiger partial charge in [0, 0.05) is 64.4 Å². The topological polar surface area (TPSA) is 47.1 Å². The zero-order chi connectivity index (χ0) is 22.3. The van der Waals surface area contributed by atoms with Crippen molar-refractivity contribution in [3.8, 4) is 0 Å². The van der Waals surface area contributed by atoms with Crippen molar-refractivity contribution in [1.29, 1.82) is 0 Å². The second kappa shape index (κ2) is 11.8. The van der Waals surface area contributed by atoms with Gasteiger partial charge < -0.3 is 14.7 Å². The minimum Gasteiger partial charge on any atom is -0.383 e. The Morgan fingerprint density at radius 1 is 1.13 bits per heavy atom. The summed E-state index contributed by atoms with van der Waals surface area (Å²) in [5.41, 5.74) is 0.968. The molecule has 0 spiro atoms. The highest BCUT2D eigenvalue weighted by atomic mass is 16.2. The Kier molecular flexibility index (Phi) is 9.82. The summed E-state index contributed by atoms with van der Waals surface area (Å²) in [7, 11) is 8.11. The average molecular weight is 421 g/mol. The summed E-state index contributed by atoms with van der Waals surface area (Å²) in [6.07, 6.45) is 7.24. The number of ketones is 1. The minimum atomic E-state index is 0.284. The van der Waals surface area contributed by atoms with Crippen molar-refractivity contribution in [3.05, 3.63) is 11.8 Å². The quantitative estimate of drug-likeness (QED) is 0.509. The molecule has 1 amide bonds. The van der Waals surface area contributed by atoms with E-state index in [1.54, 1.807) is 0 Å². The van der Waals surface area contributed by atoms with Crippen molar-refractivity contribution in [3.63, 3.8) is 0 Å². The van der Waals surface area contributed by atoms with Crippen LogP contribution in [-0.4, -0.2) is 98.2 Å². The van der Waals surface area contributed by atoms with Crippen LogP contribution in [-0.2, 0) is 9.59 Å². The number of carbonyl (C=O) groups excluding carboxylic acids is 2. The first-order chi connectivity index (χ1) is 14.2. The van der Waals surface area contributed by atoms with E-state index in [0.717, 1.165) is 64.0 Å². The first-order valence-electron chi connectivity index (χ1n) is 11.8. The summed E-state index contributed by atoms with van der Waals surface area (Å²) in [4.78, 5) is 34.4. The van der Waals surface area contributed by atoms with E-state index in [-0.39, 0.29) is 5.91 Å². The highest BCUT2D eigenvalue weighted by Gasteiger charge is 2.41. The Balaban J connectivity index is 2.01. The molecule has 2 rings (SSSR count). The van der Waals surface area contributed by atoms with Gasteiger partial charge in [0.05, 0.1) is 0 Å². The fourth-order valence-corrected chi connectivity index (χ4v) is 5.19. The molecular weight excluding hydrogens is 376 g/mol. The van der Waals surface area contributed by atoms with Crippen LogP contribution in [0.15, 0.2) is 11.8 Å². The van der Waals surface area contributed by atoms with Crippen molar-refractivity contribution in [2.45, 2.75) is 58.4 Å². The van der Waals surface area contributed by atoms with Crippen molar-refractivity contribution in [1.82, 2.24) is 19.6 Å². The number of amides is 1. The van der Waals surface area contributed by atoms with Crippen LogP contribution >= 0.6 is 0 Å². The van der Waals surface area contributed by atoms with E-state index < -0.39 is 0 Å². The second-order valence-corrected chi connectivity index (χ2v) is 9.71. The monoisotopic (exact) mass is 420 g/mol. The molecule has 0 unspecified atom stereocenters. The fourth-order valence-electron chi connectivity index (χ4n) is 5.19. The SMILES string of the molecule is CCCN1C[C@@H](CC(=O)N(CC)CCCN(C)C)C[C@@H]2CC(=O)C(=CN(C)C)C[C@H]21. The number of nitrogens with zero attached hydrogens (tertiary/aromatic N) is 4. The van der Waals surface area contributed by atoms with Crippen LogP contribution in [0.3, 0.4) is 0 Å². The van der Waals surface area contributed by atoms with Gasteiger partial charge in [-0.25, -0.2) is 0 Å². The molecule has 1 saturated heterocycles. The molecule has 1 aliphatic heterocycles. The van der Waals surface area contributed by atoms with E-state index in [4.69, 9.17) is 0 Å². The highest BCUT2D eigenvalue weighted by Crippen LogP contribution is 2.39. The Labute approximate surface area is 184 Å². The molecule has 0 bridgehead atoms. The molecule has 6 nitrogen and oxygen atoms in total. The van der Waals surface area contributed by atoms with E-state index >= 15 is 0 Å². The van der Waals surface area contributed by atoms with Crippen molar-refractivity contribution in [2.75, 3.05) is 60.9 Å². The summed E-state index contributed by atoms with van der Waals surface area (Å²) in [5.74, 6) is 1.33. The first-order valence-corrected chi connectivity index (χ1v) is 11.8. The summed E-state index contributed by atoms with van der Waals surface area (Å²) >= 11 is 0. The van der Waals surface area contributed by atoms with Gasteiger partial charge in [-0.05, 0) is 71.6 Å². The standard InChI is InChI=1S/C24H44N4O2/c1-7-10-28-17-19(14-24(30)27(8-2)12-9-11-25(3)4)13-20-16-23(29)21(15-22(20)28)18-26(5)6/h18-20,22H,7-17H2,1-6H3/t19-,20-,22-/m1/s1. The number of rotatable bonds is 10. The molecule has 6 heteroatoms.